The highest BCUT2D eigenvalue weighted by molar-refractivity contribution is 6.29. The molecule has 0 radical (unpaired) electrons. The molecule has 64 valence electrons. The molecule has 3 nitrogen and oxygen atoms in total. The Morgan fingerprint density at radius 2 is 2.25 bits per heavy atom. The molecule has 1 saturated carbocycles. The van der Waals surface area contributed by atoms with Gasteiger partial charge in [-0.1, -0.05) is 11.6 Å². The van der Waals surface area contributed by atoms with Crippen molar-refractivity contribution in [3.63, 3.8) is 0 Å². The molecule has 0 spiro atoms. The number of hydrogen-bond donors (Lipinski definition) is 1. The second-order valence-corrected chi connectivity index (χ2v) is 3.46. The van der Waals surface area contributed by atoms with Crippen molar-refractivity contribution in [2.45, 2.75) is 25.8 Å². The van der Waals surface area contributed by atoms with Crippen molar-refractivity contribution in [3.05, 3.63) is 16.9 Å². The molecule has 12 heavy (non-hydrogen) atoms. The van der Waals surface area contributed by atoms with Crippen LogP contribution in [-0.4, -0.2) is 16.0 Å². The second kappa shape index (κ2) is 2.90. The average Bonchev–Trinajstić information content (AvgIpc) is 2.68. The Balaban J connectivity index is 2.18. The number of hydrogen-bond acceptors (Lipinski definition) is 3. The molecule has 0 unspecified atom stereocenters. The maximum Gasteiger partial charge on any atom is 0.224 e. The number of nitrogens with one attached hydrogen (secondary N) is 1. The van der Waals surface area contributed by atoms with Crippen LogP contribution in [0.25, 0.3) is 0 Å². The van der Waals surface area contributed by atoms with E-state index in [4.69, 9.17) is 11.6 Å². The highest BCUT2D eigenvalue weighted by Crippen LogP contribution is 2.23. The van der Waals surface area contributed by atoms with Crippen LogP contribution in [0.5, 0.6) is 0 Å². The number of aromatic nitrogens is 2. The normalized spacial score (nSPS) is 16.2. The van der Waals surface area contributed by atoms with E-state index < -0.39 is 0 Å². The van der Waals surface area contributed by atoms with Crippen LogP contribution in [0, 0.1) is 6.92 Å². The van der Waals surface area contributed by atoms with E-state index >= 15 is 0 Å². The molecule has 1 heterocycles. The Morgan fingerprint density at radius 3 is 2.83 bits per heavy atom. The summed E-state index contributed by atoms with van der Waals surface area (Å²) in [6, 6.07) is 2.32. The van der Waals surface area contributed by atoms with E-state index in [1.54, 1.807) is 6.07 Å². The van der Waals surface area contributed by atoms with Gasteiger partial charge < -0.3 is 5.32 Å². The van der Waals surface area contributed by atoms with E-state index in [1.165, 1.54) is 12.8 Å². The van der Waals surface area contributed by atoms with E-state index in [9.17, 15) is 0 Å². The second-order valence-electron chi connectivity index (χ2n) is 3.07. The van der Waals surface area contributed by atoms with Gasteiger partial charge in [0, 0.05) is 11.7 Å². The van der Waals surface area contributed by atoms with E-state index in [0.29, 0.717) is 17.1 Å². The van der Waals surface area contributed by atoms with Crippen molar-refractivity contribution in [1.29, 1.82) is 0 Å². The van der Waals surface area contributed by atoms with Gasteiger partial charge in [0.15, 0.2) is 0 Å². The van der Waals surface area contributed by atoms with Gasteiger partial charge in [-0.25, -0.2) is 9.97 Å². The van der Waals surface area contributed by atoms with Crippen molar-refractivity contribution in [2.75, 3.05) is 5.32 Å². The summed E-state index contributed by atoms with van der Waals surface area (Å²) < 4.78 is 0. The van der Waals surface area contributed by atoms with Crippen LogP contribution in [0.15, 0.2) is 6.07 Å². The third kappa shape index (κ3) is 1.85. The number of nitrogens with zero attached hydrogens (tertiary/aromatic N) is 2. The van der Waals surface area contributed by atoms with Gasteiger partial charge in [-0.2, -0.15) is 0 Å². The molecule has 1 aromatic rings. The highest BCUT2D eigenvalue weighted by Gasteiger charge is 2.21. The van der Waals surface area contributed by atoms with Gasteiger partial charge in [0.05, 0.1) is 0 Å². The molecule has 1 aliphatic rings. The summed E-state index contributed by atoms with van der Waals surface area (Å²) in [7, 11) is 0. The van der Waals surface area contributed by atoms with Crippen molar-refractivity contribution in [3.8, 4) is 0 Å². The Kier molecular flexibility index (Phi) is 1.89. The molecule has 0 bridgehead atoms. The molecule has 0 amide bonds. The summed E-state index contributed by atoms with van der Waals surface area (Å²) in [6.07, 6.45) is 2.43. The Morgan fingerprint density at radius 1 is 1.50 bits per heavy atom. The first-order valence-corrected chi connectivity index (χ1v) is 4.39. The summed E-state index contributed by atoms with van der Waals surface area (Å²) in [4.78, 5) is 8.26. The lowest BCUT2D eigenvalue weighted by molar-refractivity contribution is 1.03. The summed E-state index contributed by atoms with van der Waals surface area (Å²) in [5.74, 6) is 0.655. The third-order valence-electron chi connectivity index (χ3n) is 1.73. The van der Waals surface area contributed by atoms with Crippen molar-refractivity contribution in [1.82, 2.24) is 9.97 Å². The zero-order valence-electron chi connectivity index (χ0n) is 6.84. The first-order valence-electron chi connectivity index (χ1n) is 4.02. The van der Waals surface area contributed by atoms with Gasteiger partial charge >= 0.3 is 0 Å². The fraction of sp³-hybridized carbons (Fsp3) is 0.500. The molecule has 0 aromatic carbocycles. The number of aryl methyl sites for hydroxylation is 1. The van der Waals surface area contributed by atoms with Gasteiger partial charge in [0.25, 0.3) is 0 Å². The van der Waals surface area contributed by atoms with Gasteiger partial charge in [0.1, 0.15) is 5.15 Å². The van der Waals surface area contributed by atoms with Crippen LogP contribution >= 0.6 is 11.6 Å². The molecule has 4 heteroatoms. The number of anilines is 1. The fourth-order valence-electron chi connectivity index (χ4n) is 1.00. The summed E-state index contributed by atoms with van der Waals surface area (Å²) in [6.45, 7) is 1.91. The third-order valence-corrected chi connectivity index (χ3v) is 1.93. The summed E-state index contributed by atoms with van der Waals surface area (Å²) in [5.41, 5.74) is 0.901. The van der Waals surface area contributed by atoms with Crippen LogP contribution in [-0.2, 0) is 0 Å². The molecule has 1 fully saturated rings. The van der Waals surface area contributed by atoms with Crippen LogP contribution in [0.2, 0.25) is 5.15 Å². The van der Waals surface area contributed by atoms with Crippen LogP contribution in [0.3, 0.4) is 0 Å². The predicted octanol–water partition coefficient (Wildman–Crippen LogP) is 2.01. The SMILES string of the molecule is Cc1cc(Cl)nc(NC2CC2)n1. The maximum absolute atomic E-state index is 5.76. The zero-order valence-corrected chi connectivity index (χ0v) is 7.60. The lowest BCUT2D eigenvalue weighted by Crippen LogP contribution is -2.05. The molecule has 0 atom stereocenters. The molecule has 2 rings (SSSR count). The lowest BCUT2D eigenvalue weighted by Gasteiger charge is -2.02. The van der Waals surface area contributed by atoms with E-state index in [2.05, 4.69) is 15.3 Å². The Labute approximate surface area is 76.2 Å². The molecular weight excluding hydrogens is 174 g/mol. The fourth-order valence-corrected chi connectivity index (χ4v) is 1.24. The first-order chi connectivity index (χ1) is 5.74. The molecule has 1 aliphatic carbocycles. The average molecular weight is 184 g/mol. The quantitative estimate of drug-likeness (QED) is 0.713. The Hall–Kier alpha value is -0.830. The van der Waals surface area contributed by atoms with Gasteiger partial charge in [-0.05, 0) is 25.8 Å². The zero-order chi connectivity index (χ0) is 8.55. The van der Waals surface area contributed by atoms with Gasteiger partial charge in [0.2, 0.25) is 5.95 Å². The summed E-state index contributed by atoms with van der Waals surface area (Å²) in [5, 5.41) is 3.70. The Bertz CT molecular complexity index is 276. The van der Waals surface area contributed by atoms with Crippen molar-refractivity contribution >= 4 is 17.5 Å². The van der Waals surface area contributed by atoms with Crippen molar-refractivity contribution in [2.24, 2.45) is 0 Å². The summed E-state index contributed by atoms with van der Waals surface area (Å²) >= 11 is 5.76. The monoisotopic (exact) mass is 183 g/mol. The van der Waals surface area contributed by atoms with E-state index in [-0.39, 0.29) is 0 Å². The number of rotatable bonds is 2. The minimum Gasteiger partial charge on any atom is -0.351 e. The van der Waals surface area contributed by atoms with E-state index in [1.807, 2.05) is 6.92 Å². The van der Waals surface area contributed by atoms with Crippen LogP contribution in [0.1, 0.15) is 18.5 Å². The van der Waals surface area contributed by atoms with Crippen molar-refractivity contribution < 1.29 is 0 Å². The van der Waals surface area contributed by atoms with Crippen LogP contribution in [0.4, 0.5) is 5.95 Å². The largest absolute Gasteiger partial charge is 0.351 e. The molecule has 0 aliphatic heterocycles. The standard InChI is InChI=1S/C8H10ClN3/c1-5-4-7(9)12-8(10-5)11-6-2-3-6/h4,6H,2-3H2,1H3,(H,10,11,12). The maximum atomic E-state index is 5.76. The highest BCUT2D eigenvalue weighted by atomic mass is 35.5. The molecule has 1 aromatic heterocycles. The van der Waals surface area contributed by atoms with Gasteiger partial charge in [-0.15, -0.1) is 0 Å². The minimum atomic E-state index is 0.505. The molecule has 0 saturated heterocycles. The molecule has 1 N–H and O–H groups in total. The molecular formula is C8H10ClN3. The predicted molar refractivity (Wildman–Crippen MR) is 48.4 cm³/mol. The smallest absolute Gasteiger partial charge is 0.224 e. The topological polar surface area (TPSA) is 37.8 Å². The minimum absolute atomic E-state index is 0.505. The first kappa shape index (κ1) is 7.80. The van der Waals surface area contributed by atoms with Crippen LogP contribution < -0.4 is 5.32 Å². The lowest BCUT2D eigenvalue weighted by atomic mass is 10.4. The van der Waals surface area contributed by atoms with E-state index in [0.717, 1.165) is 5.69 Å². The van der Waals surface area contributed by atoms with Gasteiger partial charge in [-0.3, -0.25) is 0 Å². The number of halogens is 1.